The van der Waals surface area contributed by atoms with Crippen molar-refractivity contribution in [3.8, 4) is 0 Å². The fraction of sp³-hybridized carbons (Fsp3) is 0.846. The van der Waals surface area contributed by atoms with Crippen LogP contribution in [-0.4, -0.2) is 6.16 Å². The summed E-state index contributed by atoms with van der Waals surface area (Å²) < 4.78 is 0. The third-order valence-corrected chi connectivity index (χ3v) is 3.75. The molecule has 2 atom stereocenters. The molecule has 0 saturated carbocycles. The first-order valence-electron chi connectivity index (χ1n) is 5.52. The molecular formula is C13H27P. The van der Waals surface area contributed by atoms with Crippen LogP contribution >= 0.6 is 9.24 Å². The zero-order valence-corrected chi connectivity index (χ0v) is 11.9. The van der Waals surface area contributed by atoms with Crippen LogP contribution in [0, 0.1) is 16.7 Å². The molecular weight excluding hydrogens is 187 g/mol. The molecule has 0 aromatic heterocycles. The molecule has 0 aromatic carbocycles. The van der Waals surface area contributed by atoms with Gasteiger partial charge in [-0.2, -0.15) is 0 Å². The number of hydrogen-bond donors (Lipinski definition) is 0. The Morgan fingerprint density at radius 3 is 1.93 bits per heavy atom. The summed E-state index contributed by atoms with van der Waals surface area (Å²) in [7, 11) is 2.81. The van der Waals surface area contributed by atoms with E-state index in [1.54, 1.807) is 0 Å². The van der Waals surface area contributed by atoms with Gasteiger partial charge in [0, 0.05) is 0 Å². The second-order valence-electron chi connectivity index (χ2n) is 6.04. The summed E-state index contributed by atoms with van der Waals surface area (Å²) in [6.45, 7) is 18.1. The van der Waals surface area contributed by atoms with E-state index in [-0.39, 0.29) is 5.41 Å². The molecule has 0 saturated heterocycles. The number of rotatable bonds is 4. The monoisotopic (exact) mass is 214 g/mol. The quantitative estimate of drug-likeness (QED) is 0.477. The molecule has 0 fully saturated rings. The zero-order valence-electron chi connectivity index (χ0n) is 10.8. The Morgan fingerprint density at radius 2 is 1.64 bits per heavy atom. The molecule has 0 heterocycles. The molecule has 0 radical (unpaired) electrons. The number of allylic oxidation sites excluding steroid dienone is 1. The lowest BCUT2D eigenvalue weighted by Gasteiger charge is -2.37. The SMILES string of the molecule is C=C(C(C)C(C)(C)C)C(C)(C)CCP. The molecule has 0 aliphatic carbocycles. The van der Waals surface area contributed by atoms with Crippen molar-refractivity contribution < 1.29 is 0 Å². The highest BCUT2D eigenvalue weighted by molar-refractivity contribution is 7.16. The van der Waals surface area contributed by atoms with Gasteiger partial charge in [0.1, 0.15) is 0 Å². The minimum Gasteiger partial charge on any atom is -0.138 e. The summed E-state index contributed by atoms with van der Waals surface area (Å²) in [5.74, 6) is 0.578. The predicted octanol–water partition coefficient (Wildman–Crippen LogP) is 4.52. The van der Waals surface area contributed by atoms with Crippen molar-refractivity contribution in [2.24, 2.45) is 16.7 Å². The third-order valence-electron chi connectivity index (χ3n) is 3.46. The topological polar surface area (TPSA) is 0 Å². The Hall–Kier alpha value is 0.170. The average molecular weight is 214 g/mol. The fourth-order valence-corrected chi connectivity index (χ4v) is 2.35. The predicted molar refractivity (Wildman–Crippen MR) is 70.7 cm³/mol. The van der Waals surface area contributed by atoms with Gasteiger partial charge in [-0.1, -0.05) is 53.7 Å². The lowest BCUT2D eigenvalue weighted by Crippen LogP contribution is -2.27. The van der Waals surface area contributed by atoms with Gasteiger partial charge in [0.15, 0.2) is 0 Å². The first-order valence-corrected chi connectivity index (χ1v) is 6.34. The highest BCUT2D eigenvalue weighted by Crippen LogP contribution is 2.41. The van der Waals surface area contributed by atoms with Gasteiger partial charge in [-0.25, -0.2) is 0 Å². The molecule has 1 heteroatoms. The molecule has 14 heavy (non-hydrogen) atoms. The maximum absolute atomic E-state index is 4.30. The van der Waals surface area contributed by atoms with Gasteiger partial charge >= 0.3 is 0 Å². The standard InChI is InChI=1S/C13H27P/c1-10(12(3,4)5)11(2)13(6,7)8-9-14/h10H,2,8-9,14H2,1,3-7H3. The van der Waals surface area contributed by atoms with Crippen molar-refractivity contribution in [1.82, 2.24) is 0 Å². The minimum atomic E-state index is 0.272. The Bertz CT molecular complexity index is 196. The van der Waals surface area contributed by atoms with E-state index in [0.29, 0.717) is 11.3 Å². The lowest BCUT2D eigenvalue weighted by molar-refractivity contribution is 0.251. The van der Waals surface area contributed by atoms with E-state index < -0.39 is 0 Å². The van der Waals surface area contributed by atoms with Crippen LogP contribution in [0.5, 0.6) is 0 Å². The molecule has 0 aliphatic heterocycles. The van der Waals surface area contributed by atoms with Crippen LogP contribution in [0.1, 0.15) is 48.0 Å². The van der Waals surface area contributed by atoms with Crippen molar-refractivity contribution in [1.29, 1.82) is 0 Å². The Labute approximate surface area is 92.8 Å². The van der Waals surface area contributed by atoms with Gasteiger partial charge in [0.25, 0.3) is 0 Å². The summed E-state index contributed by atoms with van der Waals surface area (Å²) in [5, 5.41) is 0. The van der Waals surface area contributed by atoms with E-state index in [2.05, 4.69) is 57.4 Å². The van der Waals surface area contributed by atoms with Crippen LogP contribution < -0.4 is 0 Å². The van der Waals surface area contributed by atoms with Crippen molar-refractivity contribution in [3.63, 3.8) is 0 Å². The van der Waals surface area contributed by atoms with E-state index in [0.717, 1.165) is 6.16 Å². The van der Waals surface area contributed by atoms with E-state index >= 15 is 0 Å². The largest absolute Gasteiger partial charge is 0.138 e. The maximum atomic E-state index is 4.30. The van der Waals surface area contributed by atoms with E-state index in [1.165, 1.54) is 12.0 Å². The Morgan fingerprint density at radius 1 is 1.21 bits per heavy atom. The lowest BCUT2D eigenvalue weighted by atomic mass is 9.68. The van der Waals surface area contributed by atoms with Gasteiger partial charge < -0.3 is 0 Å². The van der Waals surface area contributed by atoms with Crippen LogP contribution in [0.2, 0.25) is 0 Å². The first-order chi connectivity index (χ1) is 6.13. The van der Waals surface area contributed by atoms with Gasteiger partial charge in [0.05, 0.1) is 0 Å². The fourth-order valence-electron chi connectivity index (χ4n) is 1.63. The van der Waals surface area contributed by atoms with E-state index in [1.807, 2.05) is 0 Å². The molecule has 0 nitrogen and oxygen atoms in total. The van der Waals surface area contributed by atoms with E-state index in [4.69, 9.17) is 0 Å². The van der Waals surface area contributed by atoms with Crippen molar-refractivity contribution >= 4 is 9.24 Å². The van der Waals surface area contributed by atoms with Crippen molar-refractivity contribution in [2.75, 3.05) is 6.16 Å². The van der Waals surface area contributed by atoms with Gasteiger partial charge in [-0.05, 0) is 29.3 Å². The molecule has 0 spiro atoms. The molecule has 0 bridgehead atoms. The third kappa shape index (κ3) is 3.73. The molecule has 2 unspecified atom stereocenters. The second kappa shape index (κ2) is 4.79. The molecule has 0 amide bonds. The zero-order chi connectivity index (χ0) is 11.6. The summed E-state index contributed by atoms with van der Waals surface area (Å²) in [5.41, 5.74) is 2.00. The van der Waals surface area contributed by atoms with Crippen molar-refractivity contribution in [2.45, 2.75) is 48.0 Å². The van der Waals surface area contributed by atoms with Gasteiger partial charge in [-0.3, -0.25) is 0 Å². The Kier molecular flexibility index (Phi) is 4.85. The molecule has 0 N–H and O–H groups in total. The Balaban J connectivity index is 4.62. The van der Waals surface area contributed by atoms with Crippen LogP contribution in [0.15, 0.2) is 12.2 Å². The maximum Gasteiger partial charge on any atom is -0.0141 e. The van der Waals surface area contributed by atoms with Crippen LogP contribution in [0.25, 0.3) is 0 Å². The van der Waals surface area contributed by atoms with Crippen LogP contribution in [0.4, 0.5) is 0 Å². The normalized spacial score (nSPS) is 15.4. The highest BCUT2D eigenvalue weighted by atomic mass is 31.0. The summed E-state index contributed by atoms with van der Waals surface area (Å²) in [6, 6.07) is 0. The minimum absolute atomic E-state index is 0.272. The van der Waals surface area contributed by atoms with Crippen LogP contribution in [0.3, 0.4) is 0 Å². The number of hydrogen-bond acceptors (Lipinski definition) is 0. The second-order valence-corrected chi connectivity index (χ2v) is 6.61. The van der Waals surface area contributed by atoms with Crippen molar-refractivity contribution in [3.05, 3.63) is 12.2 Å². The summed E-state index contributed by atoms with van der Waals surface area (Å²) in [4.78, 5) is 0. The molecule has 84 valence electrons. The van der Waals surface area contributed by atoms with Gasteiger partial charge in [0.2, 0.25) is 0 Å². The highest BCUT2D eigenvalue weighted by Gasteiger charge is 2.30. The summed E-state index contributed by atoms with van der Waals surface area (Å²) >= 11 is 0. The first kappa shape index (κ1) is 14.2. The molecule has 0 aromatic rings. The molecule has 0 aliphatic rings. The van der Waals surface area contributed by atoms with E-state index in [9.17, 15) is 0 Å². The molecule has 0 rings (SSSR count). The smallest absolute Gasteiger partial charge is 0.0141 e. The van der Waals surface area contributed by atoms with Gasteiger partial charge in [-0.15, -0.1) is 9.24 Å². The average Bonchev–Trinajstić information content (AvgIpc) is 2.00. The summed E-state index contributed by atoms with van der Waals surface area (Å²) in [6.07, 6.45) is 2.36. The van der Waals surface area contributed by atoms with Crippen LogP contribution in [-0.2, 0) is 0 Å².